The lowest BCUT2D eigenvalue weighted by atomic mass is 9.61. The van der Waals surface area contributed by atoms with Crippen molar-refractivity contribution in [3.63, 3.8) is 0 Å². The number of hydrogen-bond donors (Lipinski definition) is 0. The zero-order chi connectivity index (χ0) is 24.4. The summed E-state index contributed by atoms with van der Waals surface area (Å²) in [5.41, 5.74) is 0. The summed E-state index contributed by atoms with van der Waals surface area (Å²) in [6.45, 7) is 0. The van der Waals surface area contributed by atoms with Crippen molar-refractivity contribution in [3.8, 4) is 0 Å². The largest absolute Gasteiger partial charge is 0.0533 e. The SMILES string of the molecule is C1CCCCCCCC2C(CCCCCC1)CCC1CCC(CC1)C1CCC(CC1)C1CCC2CC1. The van der Waals surface area contributed by atoms with Crippen molar-refractivity contribution in [2.45, 2.75) is 180 Å². The molecule has 0 nitrogen and oxygen atoms in total. The molecule has 0 radical (unpaired) electrons. The molecule has 0 aromatic carbocycles. The van der Waals surface area contributed by atoms with Crippen LogP contribution in [-0.4, -0.2) is 0 Å². The Hall–Kier alpha value is 0. The molecule has 0 aliphatic heterocycles. The van der Waals surface area contributed by atoms with E-state index in [0.29, 0.717) is 0 Å². The minimum atomic E-state index is 1.07. The van der Waals surface area contributed by atoms with Crippen LogP contribution in [0.15, 0.2) is 0 Å². The van der Waals surface area contributed by atoms with Gasteiger partial charge in [-0.1, -0.05) is 103 Å². The van der Waals surface area contributed by atoms with Crippen LogP contribution in [0.3, 0.4) is 0 Å². The van der Waals surface area contributed by atoms with Gasteiger partial charge >= 0.3 is 0 Å². The second-order valence-electron chi connectivity index (χ2n) is 15.0. The summed E-state index contributed by atoms with van der Waals surface area (Å²) in [6, 6.07) is 0. The van der Waals surface area contributed by atoms with Gasteiger partial charge in [0.2, 0.25) is 0 Å². The van der Waals surface area contributed by atoms with E-state index in [1.165, 1.54) is 64.2 Å². The summed E-state index contributed by atoms with van der Waals surface area (Å²) in [6.07, 6.45) is 43.9. The normalized spacial score (nSPS) is 42.7. The molecule has 0 aromatic heterocycles. The Bertz CT molecular complexity index is 569. The van der Waals surface area contributed by atoms with E-state index < -0.39 is 0 Å². The van der Waals surface area contributed by atoms with Crippen LogP contribution in [0.5, 0.6) is 0 Å². The third-order valence-electron chi connectivity index (χ3n) is 12.9. The molecule has 9 aliphatic rings. The van der Waals surface area contributed by atoms with Gasteiger partial charge < -0.3 is 0 Å². The first-order chi connectivity index (χ1) is 17.9. The minimum Gasteiger partial charge on any atom is -0.0533 e. The number of fused-ring (bicyclic) bond motifs is 1. The average molecular weight is 497 g/mol. The van der Waals surface area contributed by atoms with E-state index >= 15 is 0 Å². The van der Waals surface area contributed by atoms with Crippen molar-refractivity contribution in [1.82, 2.24) is 0 Å². The van der Waals surface area contributed by atoms with Crippen molar-refractivity contribution in [3.05, 3.63) is 0 Å². The van der Waals surface area contributed by atoms with E-state index in [0.717, 1.165) is 47.3 Å². The second kappa shape index (κ2) is 15.0. The van der Waals surface area contributed by atoms with E-state index in [1.807, 2.05) is 0 Å². The van der Waals surface area contributed by atoms with E-state index in [1.54, 1.807) is 116 Å². The molecule has 0 saturated heterocycles. The molecule has 0 aromatic rings. The van der Waals surface area contributed by atoms with Gasteiger partial charge in [-0.2, -0.15) is 0 Å². The molecule has 9 saturated carbocycles. The van der Waals surface area contributed by atoms with Crippen LogP contribution in [0.25, 0.3) is 0 Å². The van der Waals surface area contributed by atoms with Gasteiger partial charge in [-0.3, -0.25) is 0 Å². The molecule has 208 valence electrons. The molecule has 9 aliphatic carbocycles. The Morgan fingerprint density at radius 3 is 0.917 bits per heavy atom. The van der Waals surface area contributed by atoms with Gasteiger partial charge in [0.25, 0.3) is 0 Å². The van der Waals surface area contributed by atoms with Gasteiger partial charge in [-0.15, -0.1) is 0 Å². The monoisotopic (exact) mass is 497 g/mol. The molecule has 2 unspecified atom stereocenters. The molecule has 0 spiro atoms. The van der Waals surface area contributed by atoms with Crippen LogP contribution < -0.4 is 0 Å². The zero-order valence-corrected chi connectivity index (χ0v) is 24.4. The molecule has 9 rings (SSSR count). The van der Waals surface area contributed by atoms with Crippen LogP contribution >= 0.6 is 0 Å². The highest BCUT2D eigenvalue weighted by Gasteiger charge is 2.38. The predicted molar refractivity (Wildman–Crippen MR) is 157 cm³/mol. The van der Waals surface area contributed by atoms with Crippen molar-refractivity contribution >= 4 is 0 Å². The Kier molecular flexibility index (Phi) is 11.5. The molecule has 0 N–H and O–H groups in total. The molecular weight excluding hydrogens is 432 g/mol. The fourth-order valence-electron chi connectivity index (χ4n) is 10.5. The average Bonchev–Trinajstić information content (AvgIpc) is 2.92. The maximum absolute atomic E-state index is 1.61. The second-order valence-corrected chi connectivity index (χ2v) is 15.0. The highest BCUT2D eigenvalue weighted by atomic mass is 14.4. The molecular formula is C36H64. The Morgan fingerprint density at radius 1 is 0.194 bits per heavy atom. The third-order valence-corrected chi connectivity index (χ3v) is 12.9. The van der Waals surface area contributed by atoms with Crippen molar-refractivity contribution in [2.24, 2.45) is 47.3 Å². The molecule has 6 bridgehead atoms. The number of hydrogen-bond acceptors (Lipinski definition) is 0. The molecule has 2 atom stereocenters. The summed E-state index contributed by atoms with van der Waals surface area (Å²) >= 11 is 0. The van der Waals surface area contributed by atoms with Gasteiger partial charge in [0.05, 0.1) is 0 Å². The Morgan fingerprint density at radius 2 is 0.472 bits per heavy atom. The van der Waals surface area contributed by atoms with Gasteiger partial charge in [0.1, 0.15) is 0 Å². The standard InChI is InChI=1S/C36H64/c1-2-4-6-8-10-12-14-36-34(13-11-9-7-5-3-1)20-17-29-15-18-30(19-16-29)31-21-23-32(24-22-31)33-25-27-35(36)28-26-33/h29-36H,1-28H2. The fourth-order valence-corrected chi connectivity index (χ4v) is 10.5. The number of rotatable bonds is 0. The first kappa shape index (κ1) is 27.6. The zero-order valence-electron chi connectivity index (χ0n) is 24.4. The molecule has 0 heterocycles. The van der Waals surface area contributed by atoms with Crippen LogP contribution in [-0.2, 0) is 0 Å². The Balaban J connectivity index is 1.27. The van der Waals surface area contributed by atoms with E-state index in [9.17, 15) is 0 Å². The van der Waals surface area contributed by atoms with E-state index in [2.05, 4.69) is 0 Å². The summed E-state index contributed by atoms with van der Waals surface area (Å²) < 4.78 is 0. The fraction of sp³-hybridized carbons (Fsp3) is 1.00. The topological polar surface area (TPSA) is 0 Å². The van der Waals surface area contributed by atoms with Crippen LogP contribution in [0, 0.1) is 47.3 Å². The third kappa shape index (κ3) is 8.01. The lowest BCUT2D eigenvalue weighted by Crippen LogP contribution is -2.33. The first-order valence-corrected chi connectivity index (χ1v) is 17.9. The van der Waals surface area contributed by atoms with Crippen LogP contribution in [0.1, 0.15) is 180 Å². The van der Waals surface area contributed by atoms with Crippen LogP contribution in [0.4, 0.5) is 0 Å². The van der Waals surface area contributed by atoms with Gasteiger partial charge in [0.15, 0.2) is 0 Å². The lowest BCUT2D eigenvalue weighted by molar-refractivity contribution is 0.0676. The first-order valence-electron chi connectivity index (χ1n) is 17.9. The van der Waals surface area contributed by atoms with Crippen LogP contribution in [0.2, 0.25) is 0 Å². The molecule has 36 heavy (non-hydrogen) atoms. The highest BCUT2D eigenvalue weighted by molar-refractivity contribution is 4.89. The van der Waals surface area contributed by atoms with E-state index in [-0.39, 0.29) is 0 Å². The Labute approximate surface area is 226 Å². The maximum atomic E-state index is 1.61. The van der Waals surface area contributed by atoms with E-state index in [4.69, 9.17) is 0 Å². The van der Waals surface area contributed by atoms with Crippen molar-refractivity contribution < 1.29 is 0 Å². The molecule has 0 heteroatoms. The van der Waals surface area contributed by atoms with Gasteiger partial charge in [-0.25, -0.2) is 0 Å². The minimum absolute atomic E-state index is 1.07. The molecule has 0 amide bonds. The molecule has 9 fully saturated rings. The smallest absolute Gasteiger partial charge is 0.0357 e. The van der Waals surface area contributed by atoms with Crippen molar-refractivity contribution in [1.29, 1.82) is 0 Å². The highest BCUT2D eigenvalue weighted by Crippen LogP contribution is 2.50. The van der Waals surface area contributed by atoms with Gasteiger partial charge in [0, 0.05) is 0 Å². The summed E-state index contributed by atoms with van der Waals surface area (Å²) in [5, 5.41) is 0. The summed E-state index contributed by atoms with van der Waals surface area (Å²) in [4.78, 5) is 0. The maximum Gasteiger partial charge on any atom is -0.0357 e. The predicted octanol–water partition coefficient (Wildman–Crippen LogP) is 11.9. The lowest BCUT2D eigenvalue weighted by Gasteiger charge is -2.44. The van der Waals surface area contributed by atoms with Crippen molar-refractivity contribution in [2.75, 3.05) is 0 Å². The summed E-state index contributed by atoms with van der Waals surface area (Å²) in [7, 11) is 0. The van der Waals surface area contributed by atoms with Gasteiger partial charge in [-0.05, 0) is 124 Å². The quantitative estimate of drug-likeness (QED) is 0.313. The summed E-state index contributed by atoms with van der Waals surface area (Å²) in [5.74, 6) is 8.77.